The van der Waals surface area contributed by atoms with Gasteiger partial charge < -0.3 is 9.88 Å². The van der Waals surface area contributed by atoms with E-state index in [1.165, 1.54) is 32.9 Å². The van der Waals surface area contributed by atoms with Gasteiger partial charge in [0.05, 0.1) is 11.0 Å². The Balaban J connectivity index is 1.20. The van der Waals surface area contributed by atoms with Crippen molar-refractivity contribution in [1.82, 2.24) is 24.8 Å². The van der Waals surface area contributed by atoms with Crippen LogP contribution in [0.1, 0.15) is 12.0 Å². The molecule has 5 heteroatoms. The number of benzene rings is 5. The molecular formula is C38H27N5. The topological polar surface area (TPSA) is 55.6 Å². The lowest BCUT2D eigenvalue weighted by molar-refractivity contribution is 0.579. The van der Waals surface area contributed by atoms with Crippen molar-refractivity contribution in [1.29, 1.82) is 0 Å². The van der Waals surface area contributed by atoms with E-state index in [0.29, 0.717) is 17.5 Å². The van der Waals surface area contributed by atoms with E-state index in [-0.39, 0.29) is 6.17 Å². The van der Waals surface area contributed by atoms with Crippen LogP contribution in [-0.2, 0) is 0 Å². The van der Waals surface area contributed by atoms with Gasteiger partial charge in [0.15, 0.2) is 17.5 Å². The number of para-hydroxylation sites is 1. The second-order valence-electron chi connectivity index (χ2n) is 10.6. The first kappa shape index (κ1) is 24.9. The van der Waals surface area contributed by atoms with Crippen molar-refractivity contribution in [2.45, 2.75) is 6.17 Å². The molecular weight excluding hydrogens is 526 g/mol. The number of nitrogens with zero attached hydrogens (tertiary/aromatic N) is 4. The highest BCUT2D eigenvalue weighted by Gasteiger charge is 2.20. The van der Waals surface area contributed by atoms with Crippen LogP contribution in [0, 0.1) is 0 Å². The molecule has 1 aliphatic rings. The standard InChI is InChI=1S/C38H27N5/c1-4-12-26(13-5-1)29-20-22-32-31-18-10-11-19-33(31)43(34(32)24-29)35-23-21-30(25-39-35)38-41-36(27-14-6-2-7-15-27)40-37(42-38)28-16-8-3-9-17-28/h1-25,35,39H. The molecule has 0 spiro atoms. The van der Waals surface area contributed by atoms with Gasteiger partial charge in [0.25, 0.3) is 0 Å². The van der Waals surface area contributed by atoms with Crippen LogP contribution in [0.2, 0.25) is 0 Å². The molecule has 0 amide bonds. The summed E-state index contributed by atoms with van der Waals surface area (Å²) in [6.07, 6.45) is 6.23. The van der Waals surface area contributed by atoms with E-state index in [1.807, 2.05) is 66.9 Å². The van der Waals surface area contributed by atoms with Gasteiger partial charge in [0.1, 0.15) is 6.17 Å². The number of aromatic nitrogens is 4. The Kier molecular flexibility index (Phi) is 6.12. The summed E-state index contributed by atoms with van der Waals surface area (Å²) in [5.41, 5.74) is 7.56. The van der Waals surface area contributed by atoms with Crippen molar-refractivity contribution in [3.05, 3.63) is 158 Å². The third kappa shape index (κ3) is 4.57. The first-order valence-corrected chi connectivity index (χ1v) is 14.4. The van der Waals surface area contributed by atoms with Gasteiger partial charge in [-0.05, 0) is 35.4 Å². The zero-order valence-corrected chi connectivity index (χ0v) is 23.3. The molecule has 0 saturated heterocycles. The molecule has 7 aromatic rings. The molecule has 0 fully saturated rings. The second kappa shape index (κ2) is 10.5. The molecule has 0 saturated carbocycles. The zero-order chi connectivity index (χ0) is 28.6. The third-order valence-corrected chi connectivity index (χ3v) is 7.92. The van der Waals surface area contributed by atoms with Gasteiger partial charge in [-0.25, -0.2) is 15.0 Å². The molecule has 5 aromatic carbocycles. The molecule has 0 bridgehead atoms. The fourth-order valence-corrected chi connectivity index (χ4v) is 5.82. The molecule has 0 radical (unpaired) electrons. The van der Waals surface area contributed by atoms with Crippen LogP contribution in [0.4, 0.5) is 0 Å². The van der Waals surface area contributed by atoms with Gasteiger partial charge in [0, 0.05) is 33.7 Å². The Bertz CT molecular complexity index is 2090. The predicted molar refractivity (Wildman–Crippen MR) is 175 cm³/mol. The predicted octanol–water partition coefficient (Wildman–Crippen LogP) is 8.68. The normalized spacial score (nSPS) is 14.5. The molecule has 8 rings (SSSR count). The molecule has 5 nitrogen and oxygen atoms in total. The SMILES string of the molecule is C1=CC(n2c3ccccc3c3ccc(-c4ccccc4)cc32)NC=C1c1nc(-c2ccccc2)nc(-c2ccccc2)n1. The van der Waals surface area contributed by atoms with Crippen molar-refractivity contribution >= 4 is 27.4 Å². The molecule has 0 aliphatic carbocycles. The summed E-state index contributed by atoms with van der Waals surface area (Å²) in [6, 6.07) is 46.0. The number of nitrogens with one attached hydrogen (secondary N) is 1. The lowest BCUT2D eigenvalue weighted by Crippen LogP contribution is -2.23. The van der Waals surface area contributed by atoms with Crippen LogP contribution in [-0.4, -0.2) is 19.5 Å². The molecule has 1 unspecified atom stereocenters. The van der Waals surface area contributed by atoms with Crippen LogP contribution in [0.15, 0.2) is 152 Å². The van der Waals surface area contributed by atoms with E-state index in [2.05, 4.69) is 94.8 Å². The molecule has 43 heavy (non-hydrogen) atoms. The minimum Gasteiger partial charge on any atom is -0.367 e. The Morgan fingerprint density at radius 1 is 0.488 bits per heavy atom. The molecule has 1 N–H and O–H groups in total. The summed E-state index contributed by atoms with van der Waals surface area (Å²) in [5.74, 6) is 1.93. The van der Waals surface area contributed by atoms with E-state index >= 15 is 0 Å². The van der Waals surface area contributed by atoms with Crippen molar-refractivity contribution in [3.8, 4) is 33.9 Å². The Morgan fingerprint density at radius 3 is 1.67 bits per heavy atom. The van der Waals surface area contributed by atoms with E-state index in [0.717, 1.165) is 16.7 Å². The van der Waals surface area contributed by atoms with E-state index in [9.17, 15) is 0 Å². The summed E-state index contributed by atoms with van der Waals surface area (Å²) < 4.78 is 2.37. The van der Waals surface area contributed by atoms with Gasteiger partial charge in [-0.15, -0.1) is 0 Å². The number of rotatable bonds is 5. The fraction of sp³-hybridized carbons (Fsp3) is 0.0263. The highest BCUT2D eigenvalue weighted by Crippen LogP contribution is 2.35. The minimum atomic E-state index is -0.0822. The third-order valence-electron chi connectivity index (χ3n) is 7.92. The van der Waals surface area contributed by atoms with Gasteiger partial charge in [-0.2, -0.15) is 0 Å². The van der Waals surface area contributed by atoms with Crippen LogP contribution in [0.3, 0.4) is 0 Å². The molecule has 1 aliphatic heterocycles. The number of hydrogen-bond acceptors (Lipinski definition) is 4. The lowest BCUT2D eigenvalue weighted by atomic mass is 10.0. The highest BCUT2D eigenvalue weighted by atomic mass is 15.2. The summed E-state index contributed by atoms with van der Waals surface area (Å²) in [5, 5.41) is 6.12. The van der Waals surface area contributed by atoms with E-state index in [1.54, 1.807) is 0 Å². The Labute approximate surface area is 249 Å². The minimum absolute atomic E-state index is 0.0822. The van der Waals surface area contributed by atoms with Crippen LogP contribution in [0.5, 0.6) is 0 Å². The quantitative estimate of drug-likeness (QED) is 0.232. The zero-order valence-electron chi connectivity index (χ0n) is 23.3. The average molecular weight is 554 g/mol. The van der Waals surface area contributed by atoms with E-state index < -0.39 is 0 Å². The summed E-state index contributed by atoms with van der Waals surface area (Å²) >= 11 is 0. The maximum atomic E-state index is 4.90. The first-order valence-electron chi connectivity index (χ1n) is 14.4. The lowest BCUT2D eigenvalue weighted by Gasteiger charge is -2.22. The van der Waals surface area contributed by atoms with Crippen molar-refractivity contribution in [2.75, 3.05) is 0 Å². The average Bonchev–Trinajstić information content (AvgIpc) is 3.43. The number of hydrogen-bond donors (Lipinski definition) is 1. The molecule has 204 valence electrons. The van der Waals surface area contributed by atoms with Crippen molar-refractivity contribution < 1.29 is 0 Å². The molecule has 2 aromatic heterocycles. The summed E-state index contributed by atoms with van der Waals surface area (Å²) in [7, 11) is 0. The molecule has 3 heterocycles. The van der Waals surface area contributed by atoms with Gasteiger partial charge in [-0.3, -0.25) is 0 Å². The maximum Gasteiger partial charge on any atom is 0.165 e. The van der Waals surface area contributed by atoms with Gasteiger partial charge >= 0.3 is 0 Å². The Hall–Kier alpha value is -5.81. The van der Waals surface area contributed by atoms with Crippen LogP contribution >= 0.6 is 0 Å². The largest absolute Gasteiger partial charge is 0.367 e. The van der Waals surface area contributed by atoms with Crippen molar-refractivity contribution in [2.24, 2.45) is 0 Å². The van der Waals surface area contributed by atoms with Gasteiger partial charge in [0.2, 0.25) is 0 Å². The fourth-order valence-electron chi connectivity index (χ4n) is 5.82. The number of fused-ring (bicyclic) bond motifs is 3. The highest BCUT2D eigenvalue weighted by molar-refractivity contribution is 6.09. The summed E-state index contributed by atoms with van der Waals surface area (Å²) in [6.45, 7) is 0. The number of allylic oxidation sites excluding steroid dienone is 2. The number of dihydropyridines is 1. The van der Waals surface area contributed by atoms with Crippen LogP contribution in [0.25, 0.3) is 61.3 Å². The first-order chi connectivity index (χ1) is 21.3. The van der Waals surface area contributed by atoms with E-state index in [4.69, 9.17) is 15.0 Å². The summed E-state index contributed by atoms with van der Waals surface area (Å²) in [4.78, 5) is 14.6. The Morgan fingerprint density at radius 2 is 1.05 bits per heavy atom. The van der Waals surface area contributed by atoms with Crippen LogP contribution < -0.4 is 5.32 Å². The second-order valence-corrected chi connectivity index (χ2v) is 10.6. The maximum absolute atomic E-state index is 4.90. The monoisotopic (exact) mass is 553 g/mol. The smallest absolute Gasteiger partial charge is 0.165 e. The van der Waals surface area contributed by atoms with Crippen molar-refractivity contribution in [3.63, 3.8) is 0 Å². The molecule has 1 atom stereocenters. The van der Waals surface area contributed by atoms with Gasteiger partial charge in [-0.1, -0.05) is 121 Å².